The predicted octanol–water partition coefficient (Wildman–Crippen LogP) is 1.85. The van der Waals surface area contributed by atoms with Gasteiger partial charge in [0.25, 0.3) is 0 Å². The van der Waals surface area contributed by atoms with Gasteiger partial charge in [0.2, 0.25) is 0 Å². The third kappa shape index (κ3) is 3.36. The molecular weight excluding hydrogens is 190 g/mol. The van der Waals surface area contributed by atoms with Gasteiger partial charge in [0.15, 0.2) is 0 Å². The molecule has 1 rings (SSSR count). The fraction of sp³-hybridized carbons (Fsp3) is 0.417. The van der Waals surface area contributed by atoms with Gasteiger partial charge < -0.3 is 10.4 Å². The molecule has 3 nitrogen and oxygen atoms in total. The van der Waals surface area contributed by atoms with E-state index in [1.807, 2.05) is 44.3 Å². The van der Waals surface area contributed by atoms with Crippen molar-refractivity contribution in [3.63, 3.8) is 0 Å². The van der Waals surface area contributed by atoms with E-state index in [0.717, 1.165) is 5.56 Å². The smallest absolute Gasteiger partial charge is 0.304 e. The van der Waals surface area contributed by atoms with E-state index in [-0.39, 0.29) is 18.4 Å². The molecule has 2 N–H and O–H groups in total. The fourth-order valence-corrected chi connectivity index (χ4v) is 1.67. The highest BCUT2D eigenvalue weighted by Crippen LogP contribution is 2.23. The first-order valence-electron chi connectivity index (χ1n) is 5.09. The number of carboxylic acids is 1. The quantitative estimate of drug-likeness (QED) is 0.774. The van der Waals surface area contributed by atoms with Gasteiger partial charge in [-0.05, 0) is 19.5 Å². The van der Waals surface area contributed by atoms with Crippen LogP contribution in [0.3, 0.4) is 0 Å². The summed E-state index contributed by atoms with van der Waals surface area (Å²) in [7, 11) is 1.85. The number of hydrogen-bond donors (Lipinski definition) is 2. The van der Waals surface area contributed by atoms with Crippen molar-refractivity contribution in [3.05, 3.63) is 35.9 Å². The van der Waals surface area contributed by atoms with Crippen LogP contribution in [-0.4, -0.2) is 24.2 Å². The van der Waals surface area contributed by atoms with Gasteiger partial charge >= 0.3 is 5.97 Å². The van der Waals surface area contributed by atoms with E-state index in [4.69, 9.17) is 5.11 Å². The fourth-order valence-electron chi connectivity index (χ4n) is 1.67. The lowest BCUT2D eigenvalue weighted by Crippen LogP contribution is -2.30. The molecule has 0 aliphatic carbocycles. The van der Waals surface area contributed by atoms with Crippen LogP contribution in [0.4, 0.5) is 0 Å². The normalized spacial score (nSPS) is 14.5. The Hall–Kier alpha value is -1.35. The Morgan fingerprint density at radius 2 is 2.00 bits per heavy atom. The van der Waals surface area contributed by atoms with Crippen molar-refractivity contribution in [1.29, 1.82) is 0 Å². The first-order chi connectivity index (χ1) is 7.15. The minimum absolute atomic E-state index is 0.0219. The molecule has 0 spiro atoms. The maximum Gasteiger partial charge on any atom is 0.304 e. The Kier molecular flexibility index (Phi) is 4.31. The average molecular weight is 207 g/mol. The van der Waals surface area contributed by atoms with Crippen molar-refractivity contribution >= 4 is 5.97 Å². The molecule has 0 radical (unpaired) electrons. The molecule has 0 aromatic heterocycles. The van der Waals surface area contributed by atoms with Crippen molar-refractivity contribution < 1.29 is 9.90 Å². The molecule has 1 aromatic carbocycles. The summed E-state index contributed by atoms with van der Waals surface area (Å²) in [5.74, 6) is -0.736. The van der Waals surface area contributed by atoms with Gasteiger partial charge in [-0.25, -0.2) is 0 Å². The molecule has 0 fully saturated rings. The van der Waals surface area contributed by atoms with E-state index in [1.165, 1.54) is 0 Å². The maximum atomic E-state index is 10.8. The van der Waals surface area contributed by atoms with Gasteiger partial charge in [-0.2, -0.15) is 0 Å². The zero-order valence-corrected chi connectivity index (χ0v) is 9.10. The van der Waals surface area contributed by atoms with Gasteiger partial charge in [0.05, 0.1) is 6.42 Å². The van der Waals surface area contributed by atoms with Gasteiger partial charge in [0, 0.05) is 12.0 Å². The topological polar surface area (TPSA) is 49.3 Å². The van der Waals surface area contributed by atoms with E-state index < -0.39 is 5.97 Å². The summed E-state index contributed by atoms with van der Waals surface area (Å²) in [6.07, 6.45) is 0.159. The number of benzene rings is 1. The summed E-state index contributed by atoms with van der Waals surface area (Å²) < 4.78 is 0. The molecule has 0 heterocycles. The second kappa shape index (κ2) is 5.51. The first-order valence-corrected chi connectivity index (χ1v) is 5.09. The highest BCUT2D eigenvalue weighted by atomic mass is 16.4. The third-order valence-corrected chi connectivity index (χ3v) is 2.68. The van der Waals surface area contributed by atoms with E-state index in [1.54, 1.807) is 0 Å². The number of carboxylic acid groups (broad SMARTS) is 1. The van der Waals surface area contributed by atoms with Gasteiger partial charge in [-0.3, -0.25) is 4.79 Å². The minimum atomic E-state index is -0.758. The lowest BCUT2D eigenvalue weighted by Gasteiger charge is -2.22. The standard InChI is InChI=1S/C12H17NO2/c1-9(13-2)11(8-12(14)15)10-6-4-3-5-7-10/h3-7,9,11,13H,8H2,1-2H3,(H,14,15). The Balaban J connectivity index is 2.86. The lowest BCUT2D eigenvalue weighted by atomic mass is 9.89. The maximum absolute atomic E-state index is 10.8. The molecule has 0 aliphatic heterocycles. The molecular formula is C12H17NO2. The van der Waals surface area contributed by atoms with E-state index in [9.17, 15) is 4.79 Å². The summed E-state index contributed by atoms with van der Waals surface area (Å²) >= 11 is 0. The molecule has 82 valence electrons. The van der Waals surface area contributed by atoms with Crippen LogP contribution in [-0.2, 0) is 4.79 Å². The second-order valence-corrected chi connectivity index (χ2v) is 3.69. The van der Waals surface area contributed by atoms with Crippen LogP contribution in [0.1, 0.15) is 24.8 Å². The van der Waals surface area contributed by atoms with Crippen LogP contribution >= 0.6 is 0 Å². The highest BCUT2D eigenvalue weighted by molar-refractivity contribution is 5.68. The Labute approximate surface area is 90.1 Å². The largest absolute Gasteiger partial charge is 0.481 e. The molecule has 1 aromatic rings. The first kappa shape index (κ1) is 11.7. The molecule has 0 saturated carbocycles. The number of rotatable bonds is 5. The number of carbonyl (C=O) groups is 1. The zero-order chi connectivity index (χ0) is 11.3. The van der Waals surface area contributed by atoms with Gasteiger partial charge in [0.1, 0.15) is 0 Å². The Morgan fingerprint density at radius 1 is 1.40 bits per heavy atom. The Morgan fingerprint density at radius 3 is 2.47 bits per heavy atom. The van der Waals surface area contributed by atoms with Crippen LogP contribution in [0.5, 0.6) is 0 Å². The number of likely N-dealkylation sites (N-methyl/N-ethyl adjacent to an activating group) is 1. The number of aliphatic carboxylic acids is 1. The molecule has 2 atom stereocenters. The molecule has 15 heavy (non-hydrogen) atoms. The molecule has 0 saturated heterocycles. The molecule has 3 heteroatoms. The number of nitrogens with one attached hydrogen (secondary N) is 1. The summed E-state index contributed by atoms with van der Waals surface area (Å²) in [6.45, 7) is 2.00. The summed E-state index contributed by atoms with van der Waals surface area (Å²) in [4.78, 5) is 10.8. The van der Waals surface area contributed by atoms with Crippen molar-refractivity contribution in [1.82, 2.24) is 5.32 Å². The van der Waals surface area contributed by atoms with Crippen LogP contribution in [0.25, 0.3) is 0 Å². The van der Waals surface area contributed by atoms with Crippen LogP contribution in [0, 0.1) is 0 Å². The summed E-state index contributed by atoms with van der Waals surface area (Å²) in [5, 5.41) is 12.0. The molecule has 0 aliphatic rings. The molecule has 2 unspecified atom stereocenters. The minimum Gasteiger partial charge on any atom is -0.481 e. The summed E-state index contributed by atoms with van der Waals surface area (Å²) in [6, 6.07) is 9.91. The number of hydrogen-bond acceptors (Lipinski definition) is 2. The van der Waals surface area contributed by atoms with Crippen molar-refractivity contribution in [2.24, 2.45) is 0 Å². The van der Waals surface area contributed by atoms with E-state index in [2.05, 4.69) is 5.32 Å². The van der Waals surface area contributed by atoms with Crippen LogP contribution in [0.15, 0.2) is 30.3 Å². The van der Waals surface area contributed by atoms with Crippen molar-refractivity contribution in [2.75, 3.05) is 7.05 Å². The van der Waals surface area contributed by atoms with Gasteiger partial charge in [-0.1, -0.05) is 30.3 Å². The average Bonchev–Trinajstić information content (AvgIpc) is 2.26. The van der Waals surface area contributed by atoms with Crippen molar-refractivity contribution in [2.45, 2.75) is 25.3 Å². The van der Waals surface area contributed by atoms with Crippen LogP contribution < -0.4 is 5.32 Å². The monoisotopic (exact) mass is 207 g/mol. The second-order valence-electron chi connectivity index (χ2n) is 3.69. The highest BCUT2D eigenvalue weighted by Gasteiger charge is 2.20. The molecule has 0 bridgehead atoms. The third-order valence-electron chi connectivity index (χ3n) is 2.68. The summed E-state index contributed by atoms with van der Waals surface area (Å²) in [5.41, 5.74) is 1.07. The SMILES string of the molecule is CNC(C)C(CC(=O)O)c1ccccc1. The lowest BCUT2D eigenvalue weighted by molar-refractivity contribution is -0.137. The van der Waals surface area contributed by atoms with E-state index in [0.29, 0.717) is 0 Å². The Bertz CT molecular complexity index is 311. The molecule has 0 amide bonds. The predicted molar refractivity (Wildman–Crippen MR) is 60.0 cm³/mol. The van der Waals surface area contributed by atoms with E-state index >= 15 is 0 Å². The zero-order valence-electron chi connectivity index (χ0n) is 9.10. The van der Waals surface area contributed by atoms with Crippen LogP contribution in [0.2, 0.25) is 0 Å². The van der Waals surface area contributed by atoms with Crippen molar-refractivity contribution in [3.8, 4) is 0 Å². The van der Waals surface area contributed by atoms with Gasteiger partial charge in [-0.15, -0.1) is 0 Å².